The SMILES string of the molecule is CC#CC#Cc1cccc2cc([C@H](C)NC(=O)c3c(N)nn(/C=C\CC)c3N)n(-c3ccccc3)c(=O)c12. The van der Waals surface area contributed by atoms with Crippen molar-refractivity contribution >= 4 is 34.5 Å². The summed E-state index contributed by atoms with van der Waals surface area (Å²) in [5, 5.41) is 8.27. The molecule has 0 radical (unpaired) electrons. The molecule has 0 aliphatic carbocycles. The number of benzene rings is 2. The van der Waals surface area contributed by atoms with Gasteiger partial charge >= 0.3 is 0 Å². The molecule has 190 valence electrons. The second kappa shape index (κ2) is 11.2. The van der Waals surface area contributed by atoms with E-state index in [1.54, 1.807) is 30.7 Å². The smallest absolute Gasteiger partial charge is 0.264 e. The molecule has 8 heteroatoms. The van der Waals surface area contributed by atoms with Crippen molar-refractivity contribution in [1.82, 2.24) is 19.7 Å². The number of fused-ring (bicyclic) bond motifs is 1. The number of carbonyl (C=O) groups excluding carboxylic acids is 1. The lowest BCUT2D eigenvalue weighted by atomic mass is 10.0. The van der Waals surface area contributed by atoms with E-state index in [1.165, 1.54) is 4.68 Å². The van der Waals surface area contributed by atoms with Crippen molar-refractivity contribution in [2.24, 2.45) is 0 Å². The molecule has 0 spiro atoms. The summed E-state index contributed by atoms with van der Waals surface area (Å²) < 4.78 is 2.96. The van der Waals surface area contributed by atoms with Crippen LogP contribution in [0.25, 0.3) is 22.7 Å². The number of carbonyl (C=O) groups is 1. The van der Waals surface area contributed by atoms with E-state index in [9.17, 15) is 9.59 Å². The molecule has 0 aliphatic rings. The molecule has 4 rings (SSSR count). The topological polar surface area (TPSA) is 121 Å². The van der Waals surface area contributed by atoms with E-state index in [1.807, 2.05) is 61.5 Å². The summed E-state index contributed by atoms with van der Waals surface area (Å²) in [7, 11) is 0. The minimum Gasteiger partial charge on any atom is -0.383 e. The number of nitrogens with zero attached hydrogens (tertiary/aromatic N) is 3. The zero-order valence-corrected chi connectivity index (χ0v) is 21.4. The van der Waals surface area contributed by atoms with Gasteiger partial charge in [0, 0.05) is 23.1 Å². The third kappa shape index (κ3) is 5.02. The number of aromatic nitrogens is 3. The molecule has 8 nitrogen and oxygen atoms in total. The fourth-order valence-corrected chi connectivity index (χ4v) is 4.17. The molecule has 1 amide bonds. The summed E-state index contributed by atoms with van der Waals surface area (Å²) in [6, 6.07) is 16.0. The van der Waals surface area contributed by atoms with Gasteiger partial charge in [-0.05, 0) is 61.8 Å². The van der Waals surface area contributed by atoms with Crippen molar-refractivity contribution in [3.63, 3.8) is 0 Å². The van der Waals surface area contributed by atoms with Crippen LogP contribution in [0.5, 0.6) is 0 Å². The van der Waals surface area contributed by atoms with E-state index in [4.69, 9.17) is 11.5 Å². The lowest BCUT2D eigenvalue weighted by Gasteiger charge is -2.21. The molecule has 5 N–H and O–H groups in total. The van der Waals surface area contributed by atoms with Gasteiger partial charge in [0.25, 0.3) is 11.5 Å². The largest absolute Gasteiger partial charge is 0.383 e. The van der Waals surface area contributed by atoms with Gasteiger partial charge < -0.3 is 16.8 Å². The molecule has 0 fully saturated rings. The maximum absolute atomic E-state index is 14.0. The Morgan fingerprint density at radius 3 is 2.61 bits per heavy atom. The second-order valence-electron chi connectivity index (χ2n) is 8.52. The van der Waals surface area contributed by atoms with Crippen LogP contribution < -0.4 is 22.3 Å². The molecule has 38 heavy (non-hydrogen) atoms. The fourth-order valence-electron chi connectivity index (χ4n) is 4.17. The Bertz CT molecular complexity index is 1720. The molecular weight excluding hydrogens is 476 g/mol. The van der Waals surface area contributed by atoms with E-state index in [0.717, 1.165) is 6.42 Å². The minimum atomic E-state index is -0.589. The number of nitrogen functional groups attached to an aromatic ring is 2. The Balaban J connectivity index is 1.84. The number of rotatable bonds is 6. The van der Waals surface area contributed by atoms with E-state index in [2.05, 4.69) is 34.1 Å². The average Bonchev–Trinajstić information content (AvgIpc) is 3.20. The fraction of sp³-hybridized carbons (Fsp3) is 0.167. The molecule has 0 unspecified atom stereocenters. The van der Waals surface area contributed by atoms with Crippen LogP contribution in [0.2, 0.25) is 0 Å². The van der Waals surface area contributed by atoms with Crippen LogP contribution in [0, 0.1) is 23.7 Å². The Kier molecular flexibility index (Phi) is 7.65. The Morgan fingerprint density at radius 1 is 1.13 bits per heavy atom. The number of hydrogen-bond donors (Lipinski definition) is 3. The van der Waals surface area contributed by atoms with Gasteiger partial charge in [-0.2, -0.15) is 0 Å². The molecule has 0 bridgehead atoms. The highest BCUT2D eigenvalue weighted by Crippen LogP contribution is 2.25. The normalized spacial score (nSPS) is 11.4. The highest BCUT2D eigenvalue weighted by molar-refractivity contribution is 6.03. The molecule has 2 aromatic heterocycles. The average molecular weight is 505 g/mol. The van der Waals surface area contributed by atoms with Crippen LogP contribution in [0.15, 0.2) is 65.5 Å². The number of nitrogens with one attached hydrogen (secondary N) is 1. The van der Waals surface area contributed by atoms with Crippen LogP contribution in [-0.4, -0.2) is 20.3 Å². The van der Waals surface area contributed by atoms with E-state index in [0.29, 0.717) is 27.7 Å². The minimum absolute atomic E-state index is 0.0188. The van der Waals surface area contributed by atoms with Gasteiger partial charge in [0.15, 0.2) is 5.82 Å². The van der Waals surface area contributed by atoms with Crippen molar-refractivity contribution in [3.8, 4) is 29.4 Å². The quantitative estimate of drug-likeness (QED) is 0.342. The van der Waals surface area contributed by atoms with Gasteiger partial charge in [-0.15, -0.1) is 5.10 Å². The van der Waals surface area contributed by atoms with Gasteiger partial charge in [0.05, 0.1) is 11.4 Å². The maximum Gasteiger partial charge on any atom is 0.264 e. The Morgan fingerprint density at radius 2 is 1.89 bits per heavy atom. The standard InChI is InChI=1S/C30H28N6O2/c1-4-6-9-13-21-14-12-15-22-19-24(36(30(38)25(21)22)23-16-10-8-11-17-23)20(3)33-29(37)26-27(31)34-35(28(26)32)18-7-5-2/h7-8,10-12,14-20H,5,32H2,1-3H3,(H2,31,34)(H,33,37)/b18-7-/t20-/m0/s1. The highest BCUT2D eigenvalue weighted by Gasteiger charge is 2.24. The van der Waals surface area contributed by atoms with E-state index >= 15 is 0 Å². The molecule has 1 atom stereocenters. The molecule has 0 saturated heterocycles. The molecule has 0 aliphatic heterocycles. The Hall–Kier alpha value is -5.21. The number of allylic oxidation sites excluding steroid dienone is 1. The summed E-state index contributed by atoms with van der Waals surface area (Å²) in [5.74, 6) is 10.9. The third-order valence-corrected chi connectivity index (χ3v) is 5.95. The number of pyridine rings is 1. The number of anilines is 2. The van der Waals surface area contributed by atoms with Gasteiger partial charge in [0.1, 0.15) is 11.4 Å². The van der Waals surface area contributed by atoms with Crippen LogP contribution >= 0.6 is 0 Å². The van der Waals surface area contributed by atoms with Gasteiger partial charge in [-0.25, -0.2) is 4.68 Å². The monoisotopic (exact) mass is 504 g/mol. The van der Waals surface area contributed by atoms with Crippen molar-refractivity contribution < 1.29 is 4.79 Å². The zero-order chi connectivity index (χ0) is 27.2. The third-order valence-electron chi connectivity index (χ3n) is 5.95. The summed E-state index contributed by atoms with van der Waals surface area (Å²) in [6.45, 7) is 5.47. The van der Waals surface area contributed by atoms with Gasteiger partial charge in [0.2, 0.25) is 0 Å². The lowest BCUT2D eigenvalue weighted by molar-refractivity contribution is 0.0940. The lowest BCUT2D eigenvalue weighted by Crippen LogP contribution is -2.32. The summed E-state index contributed by atoms with van der Waals surface area (Å²) >= 11 is 0. The first-order valence-electron chi connectivity index (χ1n) is 12.1. The van der Waals surface area contributed by atoms with Crippen molar-refractivity contribution in [2.75, 3.05) is 11.5 Å². The second-order valence-corrected chi connectivity index (χ2v) is 8.52. The first-order valence-corrected chi connectivity index (χ1v) is 12.1. The zero-order valence-electron chi connectivity index (χ0n) is 21.4. The summed E-state index contributed by atoms with van der Waals surface area (Å²) in [5.41, 5.74) is 13.9. The predicted octanol–water partition coefficient (Wildman–Crippen LogP) is 4.10. The maximum atomic E-state index is 14.0. The van der Waals surface area contributed by atoms with Crippen LogP contribution in [0.3, 0.4) is 0 Å². The molecule has 0 saturated carbocycles. The summed E-state index contributed by atoms with van der Waals surface area (Å²) in [6.07, 6.45) is 4.29. The van der Waals surface area contributed by atoms with Crippen molar-refractivity contribution in [3.05, 3.63) is 87.8 Å². The summed E-state index contributed by atoms with van der Waals surface area (Å²) in [4.78, 5) is 27.2. The van der Waals surface area contributed by atoms with Crippen LogP contribution in [0.4, 0.5) is 11.6 Å². The van der Waals surface area contributed by atoms with Crippen molar-refractivity contribution in [1.29, 1.82) is 0 Å². The molecule has 4 aromatic rings. The molecule has 2 heterocycles. The first-order chi connectivity index (χ1) is 18.4. The van der Waals surface area contributed by atoms with E-state index in [-0.39, 0.29) is 22.8 Å². The van der Waals surface area contributed by atoms with Crippen LogP contribution in [-0.2, 0) is 0 Å². The van der Waals surface area contributed by atoms with E-state index < -0.39 is 11.9 Å². The highest BCUT2D eigenvalue weighted by atomic mass is 16.2. The number of para-hydroxylation sites is 1. The number of amides is 1. The van der Waals surface area contributed by atoms with Crippen molar-refractivity contribution in [2.45, 2.75) is 33.2 Å². The predicted molar refractivity (Wildman–Crippen MR) is 152 cm³/mol. The van der Waals surface area contributed by atoms with Crippen LogP contribution in [0.1, 0.15) is 54.8 Å². The van der Waals surface area contributed by atoms with Gasteiger partial charge in [-0.3, -0.25) is 14.2 Å². The Labute approximate surface area is 221 Å². The number of nitrogens with two attached hydrogens (primary N) is 2. The first kappa shape index (κ1) is 25.9. The molecular formula is C30H28N6O2. The molecule has 2 aromatic carbocycles. The number of hydrogen-bond acceptors (Lipinski definition) is 5. The van der Waals surface area contributed by atoms with Gasteiger partial charge in [-0.1, -0.05) is 55.2 Å².